The number of aliphatic hydroxyl groups is 1. The molecule has 0 saturated carbocycles. The van der Waals surface area contributed by atoms with Gasteiger partial charge in [0.05, 0.1) is 47.9 Å². The molecule has 2 aromatic heterocycles. The number of hydrogen-bond donors (Lipinski definition) is 2. The summed E-state index contributed by atoms with van der Waals surface area (Å²) in [5.74, 6) is -0.726. The van der Waals surface area contributed by atoms with Crippen molar-refractivity contribution >= 4 is 50.8 Å². The number of ether oxygens (including phenoxy) is 2. The number of pyridine rings is 2. The van der Waals surface area contributed by atoms with Crippen molar-refractivity contribution in [3.63, 3.8) is 0 Å². The third kappa shape index (κ3) is 2.94. The Morgan fingerprint density at radius 2 is 1.97 bits per heavy atom. The lowest BCUT2D eigenvalue weighted by atomic mass is 9.86. The van der Waals surface area contributed by atoms with Crippen molar-refractivity contribution in [2.75, 3.05) is 36.9 Å². The number of aromatic nitrogens is 2. The van der Waals surface area contributed by atoms with Crippen LogP contribution >= 0.6 is 22.6 Å². The van der Waals surface area contributed by atoms with Gasteiger partial charge in [-0.2, -0.15) is 0 Å². The molecule has 1 saturated heterocycles. The third-order valence-corrected chi connectivity index (χ3v) is 8.04. The molecule has 1 aromatic carbocycles. The molecule has 3 aliphatic rings. The summed E-state index contributed by atoms with van der Waals surface area (Å²) >= 11 is 2.19. The molecular weight excluding hydrogens is 551 g/mol. The van der Waals surface area contributed by atoms with Crippen LogP contribution in [0.3, 0.4) is 0 Å². The predicted octanol–water partition coefficient (Wildman–Crippen LogP) is 2.10. The van der Waals surface area contributed by atoms with Crippen molar-refractivity contribution in [1.82, 2.24) is 9.55 Å². The number of rotatable bonds is 2. The number of esters is 1. The summed E-state index contributed by atoms with van der Waals surface area (Å²) < 4.78 is 13.3. The molecule has 3 aliphatic heterocycles. The molecule has 0 spiro atoms. The molecule has 3 aromatic rings. The number of nitrogens with two attached hydrogens (primary N) is 1. The zero-order valence-electron chi connectivity index (χ0n) is 18.6. The van der Waals surface area contributed by atoms with E-state index in [2.05, 4.69) is 27.5 Å². The maximum absolute atomic E-state index is 13.6. The number of cyclic esters (lactones) is 1. The summed E-state index contributed by atoms with van der Waals surface area (Å²) in [5, 5.41) is 12.1. The van der Waals surface area contributed by atoms with Gasteiger partial charge in [-0.1, -0.05) is 6.92 Å². The Morgan fingerprint density at radius 1 is 1.21 bits per heavy atom. The summed E-state index contributed by atoms with van der Waals surface area (Å²) in [5.41, 5.74) is 9.47. The van der Waals surface area contributed by atoms with Crippen LogP contribution in [0.5, 0.6) is 0 Å². The minimum Gasteiger partial charge on any atom is -0.458 e. The maximum Gasteiger partial charge on any atom is 0.343 e. The highest BCUT2D eigenvalue weighted by Gasteiger charge is 2.45. The van der Waals surface area contributed by atoms with E-state index in [1.165, 1.54) is 0 Å². The van der Waals surface area contributed by atoms with Gasteiger partial charge in [0.25, 0.3) is 5.56 Å². The van der Waals surface area contributed by atoms with Crippen LogP contribution in [0.4, 0.5) is 11.4 Å². The lowest BCUT2D eigenvalue weighted by Gasteiger charge is -2.31. The van der Waals surface area contributed by atoms with Crippen LogP contribution in [0.15, 0.2) is 23.0 Å². The van der Waals surface area contributed by atoms with Gasteiger partial charge in [-0.25, -0.2) is 9.78 Å². The van der Waals surface area contributed by atoms with Crippen LogP contribution < -0.4 is 16.2 Å². The molecule has 0 unspecified atom stereocenters. The van der Waals surface area contributed by atoms with E-state index in [0.717, 1.165) is 38.8 Å². The zero-order valence-corrected chi connectivity index (χ0v) is 20.7. The fourth-order valence-corrected chi connectivity index (χ4v) is 5.70. The first-order chi connectivity index (χ1) is 16.3. The second-order valence-electron chi connectivity index (χ2n) is 8.88. The smallest absolute Gasteiger partial charge is 0.343 e. The van der Waals surface area contributed by atoms with Gasteiger partial charge in [0, 0.05) is 38.9 Å². The number of fused-ring (bicyclic) bond motifs is 5. The van der Waals surface area contributed by atoms with Crippen molar-refractivity contribution in [3.05, 3.63) is 48.8 Å². The van der Waals surface area contributed by atoms with E-state index >= 15 is 0 Å². The average molecular weight is 574 g/mol. The standard InChI is InChI=1S/C24H23IN4O5/c1-2-24(32)15-8-19-20-13(10-29(19)22(30)14(15)11-34-23(24)31)21(28-3-5-33-6-4-28)12-7-17(26)16(25)9-18(12)27-20/h7-9,32H,2-6,10-11,26H2,1H3/t24-/m0/s1. The molecule has 0 radical (unpaired) electrons. The summed E-state index contributed by atoms with van der Waals surface area (Å²) in [4.78, 5) is 33.2. The molecular formula is C24H23IN4O5. The van der Waals surface area contributed by atoms with Gasteiger partial charge in [0.1, 0.15) is 6.61 Å². The van der Waals surface area contributed by atoms with Gasteiger partial charge in [-0.3, -0.25) is 4.79 Å². The molecule has 6 rings (SSSR count). The molecule has 5 heterocycles. The second-order valence-corrected chi connectivity index (χ2v) is 10.0. The normalized spacial score (nSPS) is 21.3. The molecule has 9 nitrogen and oxygen atoms in total. The Morgan fingerprint density at radius 3 is 2.71 bits per heavy atom. The molecule has 1 fully saturated rings. The molecule has 0 amide bonds. The largest absolute Gasteiger partial charge is 0.458 e. The lowest BCUT2D eigenvalue weighted by Crippen LogP contribution is -2.44. The van der Waals surface area contributed by atoms with E-state index in [9.17, 15) is 14.7 Å². The van der Waals surface area contributed by atoms with E-state index in [1.807, 2.05) is 12.1 Å². The SMILES string of the molecule is CC[C@@]1(O)C(=O)OCc2c1cc1n(c2=O)Cc2c-1nc1cc(I)c(N)cc1c2N1CCOCC1. The number of halogens is 1. The van der Waals surface area contributed by atoms with Crippen LogP contribution in [0, 0.1) is 3.57 Å². The quantitative estimate of drug-likeness (QED) is 0.212. The highest BCUT2D eigenvalue weighted by atomic mass is 127. The molecule has 176 valence electrons. The highest BCUT2D eigenvalue weighted by Crippen LogP contribution is 2.44. The number of nitrogens with zero attached hydrogens (tertiary/aromatic N) is 3. The maximum atomic E-state index is 13.6. The van der Waals surface area contributed by atoms with Gasteiger partial charge in [0.15, 0.2) is 5.60 Å². The number of hydrogen-bond acceptors (Lipinski definition) is 8. The number of carbonyl (C=O) groups excluding carboxylic acids is 1. The molecule has 3 N–H and O–H groups in total. The van der Waals surface area contributed by atoms with Gasteiger partial charge in [-0.05, 0) is 47.2 Å². The molecule has 0 aliphatic carbocycles. The first-order valence-corrected chi connectivity index (χ1v) is 12.3. The van der Waals surface area contributed by atoms with E-state index < -0.39 is 11.6 Å². The van der Waals surface area contributed by atoms with Gasteiger partial charge in [-0.15, -0.1) is 0 Å². The van der Waals surface area contributed by atoms with Crippen molar-refractivity contribution in [2.24, 2.45) is 0 Å². The number of carbonyl (C=O) groups is 1. The van der Waals surface area contributed by atoms with E-state index in [4.69, 9.17) is 20.2 Å². The minimum atomic E-state index is -1.85. The molecule has 34 heavy (non-hydrogen) atoms. The van der Waals surface area contributed by atoms with Crippen LogP contribution in [0.1, 0.15) is 30.0 Å². The van der Waals surface area contributed by atoms with Crippen molar-refractivity contribution in [2.45, 2.75) is 32.1 Å². The number of nitrogen functional groups attached to an aromatic ring is 1. The summed E-state index contributed by atoms with van der Waals surface area (Å²) in [6.45, 7) is 4.56. The Hall–Kier alpha value is -2.70. The highest BCUT2D eigenvalue weighted by molar-refractivity contribution is 14.1. The summed E-state index contributed by atoms with van der Waals surface area (Å²) in [6, 6.07) is 5.65. The number of morpholine rings is 1. The van der Waals surface area contributed by atoms with Crippen molar-refractivity contribution in [1.29, 1.82) is 0 Å². The van der Waals surface area contributed by atoms with Crippen LogP contribution in [-0.2, 0) is 33.0 Å². The average Bonchev–Trinajstić information content (AvgIpc) is 3.20. The summed E-state index contributed by atoms with van der Waals surface area (Å²) in [7, 11) is 0. The Balaban J connectivity index is 1.65. The topological polar surface area (TPSA) is 120 Å². The van der Waals surface area contributed by atoms with Crippen LogP contribution in [0.2, 0.25) is 0 Å². The molecule has 0 bridgehead atoms. The third-order valence-electron chi connectivity index (χ3n) is 7.10. The van der Waals surface area contributed by atoms with Gasteiger partial charge < -0.3 is 29.8 Å². The molecule has 10 heteroatoms. The van der Waals surface area contributed by atoms with E-state index in [0.29, 0.717) is 48.0 Å². The Kier molecular flexibility index (Phi) is 4.91. The predicted molar refractivity (Wildman–Crippen MR) is 135 cm³/mol. The van der Waals surface area contributed by atoms with Crippen molar-refractivity contribution < 1.29 is 19.4 Å². The number of benzene rings is 1. The Bertz CT molecular complexity index is 1450. The number of anilines is 2. The zero-order chi connectivity index (χ0) is 23.8. The fraction of sp³-hybridized carbons (Fsp3) is 0.375. The monoisotopic (exact) mass is 574 g/mol. The van der Waals surface area contributed by atoms with Gasteiger partial charge in [0.2, 0.25) is 0 Å². The Labute approximate surface area is 208 Å². The lowest BCUT2D eigenvalue weighted by molar-refractivity contribution is -0.172. The first-order valence-electron chi connectivity index (χ1n) is 11.2. The fourth-order valence-electron chi connectivity index (χ4n) is 5.25. The van der Waals surface area contributed by atoms with Gasteiger partial charge >= 0.3 is 5.97 Å². The van der Waals surface area contributed by atoms with Crippen LogP contribution in [-0.4, -0.2) is 46.9 Å². The van der Waals surface area contributed by atoms with Crippen LogP contribution in [0.25, 0.3) is 22.3 Å². The summed E-state index contributed by atoms with van der Waals surface area (Å²) in [6.07, 6.45) is 0.107. The van der Waals surface area contributed by atoms with E-state index in [-0.39, 0.29) is 18.6 Å². The van der Waals surface area contributed by atoms with E-state index in [1.54, 1.807) is 17.6 Å². The molecule has 1 atom stereocenters. The second kappa shape index (κ2) is 7.65. The first kappa shape index (κ1) is 21.8. The van der Waals surface area contributed by atoms with Crippen molar-refractivity contribution in [3.8, 4) is 11.4 Å². The minimum absolute atomic E-state index is 0.107.